The van der Waals surface area contributed by atoms with Crippen molar-refractivity contribution in [3.05, 3.63) is 36.1 Å². The van der Waals surface area contributed by atoms with Crippen LogP contribution < -0.4 is 0 Å². The van der Waals surface area contributed by atoms with Crippen molar-refractivity contribution in [3.8, 4) is 0 Å². The topological polar surface area (TPSA) is 20.2 Å². The van der Waals surface area contributed by atoms with Gasteiger partial charge >= 0.3 is 0 Å². The van der Waals surface area contributed by atoms with Crippen LogP contribution >= 0.6 is 0 Å². The fourth-order valence-corrected chi connectivity index (χ4v) is 2.49. The van der Waals surface area contributed by atoms with Crippen LogP contribution in [0.15, 0.2) is 36.1 Å². The fraction of sp³-hybridized carbons (Fsp3) is 0.571. The van der Waals surface area contributed by atoms with E-state index in [1.807, 2.05) is 6.08 Å². The van der Waals surface area contributed by atoms with Crippen LogP contribution in [0, 0.1) is 5.41 Å². The van der Waals surface area contributed by atoms with Gasteiger partial charge in [-0.1, -0.05) is 37.6 Å². The van der Waals surface area contributed by atoms with Crippen molar-refractivity contribution in [1.82, 2.24) is 0 Å². The molecule has 0 aliphatic heterocycles. The van der Waals surface area contributed by atoms with E-state index in [1.54, 1.807) is 0 Å². The largest absolute Gasteiger partial charge is 0.513 e. The van der Waals surface area contributed by atoms with Crippen molar-refractivity contribution in [3.63, 3.8) is 0 Å². The van der Waals surface area contributed by atoms with Gasteiger partial charge in [0.2, 0.25) is 0 Å². The summed E-state index contributed by atoms with van der Waals surface area (Å²) in [5, 5.41) is 9.37. The van der Waals surface area contributed by atoms with E-state index < -0.39 is 0 Å². The Morgan fingerprint density at radius 1 is 1.53 bits per heavy atom. The van der Waals surface area contributed by atoms with Crippen LogP contribution in [0.25, 0.3) is 0 Å². The van der Waals surface area contributed by atoms with Crippen LogP contribution in [-0.4, -0.2) is 5.11 Å². The highest BCUT2D eigenvalue weighted by Gasteiger charge is 2.29. The van der Waals surface area contributed by atoms with Crippen LogP contribution in [0.4, 0.5) is 0 Å². The average molecular weight is 206 g/mol. The number of aliphatic hydroxyl groups excluding tert-OH is 1. The van der Waals surface area contributed by atoms with Gasteiger partial charge in [0.25, 0.3) is 0 Å². The molecule has 84 valence electrons. The molecule has 0 amide bonds. The lowest BCUT2D eigenvalue weighted by molar-refractivity contribution is 0.331. The third kappa shape index (κ3) is 2.98. The number of hydrogen-bond acceptors (Lipinski definition) is 1. The normalized spacial score (nSPS) is 20.1. The fourth-order valence-electron chi connectivity index (χ4n) is 2.49. The smallest absolute Gasteiger partial charge is 0.0891 e. The van der Waals surface area contributed by atoms with E-state index in [1.165, 1.54) is 24.0 Å². The van der Waals surface area contributed by atoms with E-state index >= 15 is 0 Å². The molecule has 0 saturated carbocycles. The minimum atomic E-state index is 0.211. The first-order valence-corrected chi connectivity index (χ1v) is 5.66. The van der Waals surface area contributed by atoms with Crippen LogP contribution in [0.3, 0.4) is 0 Å². The van der Waals surface area contributed by atoms with Gasteiger partial charge in [-0.15, -0.1) is 6.58 Å². The van der Waals surface area contributed by atoms with Gasteiger partial charge in [-0.05, 0) is 31.1 Å². The maximum atomic E-state index is 9.37. The molecule has 0 heterocycles. The highest BCUT2D eigenvalue weighted by molar-refractivity contribution is 5.28. The average Bonchev–Trinajstić information content (AvgIpc) is 2.10. The second-order valence-corrected chi connectivity index (χ2v) is 5.06. The Bertz CT molecular complexity index is 294. The minimum absolute atomic E-state index is 0.211. The highest BCUT2D eigenvalue weighted by Crippen LogP contribution is 2.43. The van der Waals surface area contributed by atoms with Gasteiger partial charge < -0.3 is 5.11 Å². The van der Waals surface area contributed by atoms with Crippen molar-refractivity contribution in [1.29, 1.82) is 0 Å². The van der Waals surface area contributed by atoms with Gasteiger partial charge in [0.15, 0.2) is 0 Å². The van der Waals surface area contributed by atoms with Gasteiger partial charge in [0.05, 0.1) is 5.76 Å². The number of hydrogen-bond donors (Lipinski definition) is 1. The molecular weight excluding hydrogens is 184 g/mol. The molecule has 0 saturated heterocycles. The summed E-state index contributed by atoms with van der Waals surface area (Å²) in [4.78, 5) is 0. The second kappa shape index (κ2) is 4.69. The van der Waals surface area contributed by atoms with Crippen molar-refractivity contribution in [2.75, 3.05) is 0 Å². The van der Waals surface area contributed by atoms with Crippen LogP contribution in [-0.2, 0) is 0 Å². The molecule has 0 aromatic heterocycles. The molecule has 0 fully saturated rings. The maximum absolute atomic E-state index is 9.37. The Hall–Kier alpha value is -0.980. The Kier molecular flexibility index (Phi) is 3.78. The van der Waals surface area contributed by atoms with E-state index in [0.29, 0.717) is 6.42 Å². The molecule has 15 heavy (non-hydrogen) atoms. The molecule has 0 unspecified atom stereocenters. The lowest BCUT2D eigenvalue weighted by Gasteiger charge is -2.35. The Balaban J connectivity index is 3.01. The first-order valence-electron chi connectivity index (χ1n) is 5.66. The minimum Gasteiger partial charge on any atom is -0.513 e. The summed E-state index contributed by atoms with van der Waals surface area (Å²) < 4.78 is 0. The molecule has 0 bridgehead atoms. The van der Waals surface area contributed by atoms with Gasteiger partial charge in [-0.2, -0.15) is 0 Å². The monoisotopic (exact) mass is 206 g/mol. The SMILES string of the molecule is C=CCC1=C(CC(=C)O)C(C)(C)CCC1. The lowest BCUT2D eigenvalue weighted by Crippen LogP contribution is -2.21. The maximum Gasteiger partial charge on any atom is 0.0891 e. The van der Waals surface area contributed by atoms with Gasteiger partial charge in [0.1, 0.15) is 0 Å². The van der Waals surface area contributed by atoms with Crippen molar-refractivity contribution in [2.24, 2.45) is 5.41 Å². The summed E-state index contributed by atoms with van der Waals surface area (Å²) in [5.41, 5.74) is 3.04. The summed E-state index contributed by atoms with van der Waals surface area (Å²) in [6.45, 7) is 11.9. The van der Waals surface area contributed by atoms with Gasteiger partial charge in [-0.3, -0.25) is 0 Å². The standard InChI is InChI=1S/C14H22O/c1-5-7-12-8-6-9-14(3,4)13(12)10-11(2)15/h5,15H,1-2,6-10H2,3-4H3. The van der Waals surface area contributed by atoms with Crippen LogP contribution in [0.5, 0.6) is 0 Å². The molecule has 1 rings (SSSR count). The third-order valence-corrected chi connectivity index (χ3v) is 3.30. The predicted molar refractivity (Wildman–Crippen MR) is 65.9 cm³/mol. The molecule has 1 nitrogen and oxygen atoms in total. The first kappa shape index (κ1) is 12.1. The summed E-state index contributed by atoms with van der Waals surface area (Å²) in [6.07, 6.45) is 7.14. The first-order chi connectivity index (χ1) is 6.97. The van der Waals surface area contributed by atoms with Gasteiger partial charge in [-0.25, -0.2) is 0 Å². The van der Waals surface area contributed by atoms with E-state index in [4.69, 9.17) is 0 Å². The number of rotatable bonds is 4. The molecule has 1 heteroatoms. The lowest BCUT2D eigenvalue weighted by atomic mass is 9.70. The summed E-state index contributed by atoms with van der Waals surface area (Å²) in [6, 6.07) is 0. The molecule has 0 spiro atoms. The van der Waals surface area contributed by atoms with Crippen molar-refractivity contribution < 1.29 is 5.11 Å². The zero-order valence-corrected chi connectivity index (χ0v) is 9.97. The quantitative estimate of drug-likeness (QED) is 0.529. The number of aliphatic hydroxyl groups is 1. The van der Waals surface area contributed by atoms with E-state index in [2.05, 4.69) is 27.0 Å². The molecule has 1 aliphatic carbocycles. The van der Waals surface area contributed by atoms with E-state index in [-0.39, 0.29) is 11.2 Å². The number of allylic oxidation sites excluding steroid dienone is 3. The van der Waals surface area contributed by atoms with Crippen molar-refractivity contribution in [2.45, 2.75) is 46.0 Å². The van der Waals surface area contributed by atoms with Crippen LogP contribution in [0.2, 0.25) is 0 Å². The summed E-state index contributed by atoms with van der Waals surface area (Å²) in [5.74, 6) is 0.279. The molecule has 1 N–H and O–H groups in total. The third-order valence-electron chi connectivity index (χ3n) is 3.30. The zero-order valence-electron chi connectivity index (χ0n) is 9.97. The molecule has 0 radical (unpaired) electrons. The molecule has 0 aromatic rings. The molecular formula is C14H22O. The van der Waals surface area contributed by atoms with Crippen LogP contribution in [0.1, 0.15) is 46.0 Å². The van der Waals surface area contributed by atoms with Crippen molar-refractivity contribution >= 4 is 0 Å². The Morgan fingerprint density at radius 3 is 2.73 bits per heavy atom. The molecule has 1 aliphatic rings. The zero-order chi connectivity index (χ0) is 11.5. The van der Waals surface area contributed by atoms with Gasteiger partial charge in [0, 0.05) is 6.42 Å². The summed E-state index contributed by atoms with van der Waals surface area (Å²) >= 11 is 0. The Labute approximate surface area is 93.2 Å². The molecule has 0 aromatic carbocycles. The Morgan fingerprint density at radius 2 is 2.20 bits per heavy atom. The summed E-state index contributed by atoms with van der Waals surface area (Å²) in [7, 11) is 0. The van der Waals surface area contributed by atoms with E-state index in [0.717, 1.165) is 12.8 Å². The molecule has 0 atom stereocenters. The van der Waals surface area contributed by atoms with E-state index in [9.17, 15) is 5.11 Å². The highest BCUT2D eigenvalue weighted by atomic mass is 16.3. The predicted octanol–water partition coefficient (Wildman–Crippen LogP) is 4.53. The second-order valence-electron chi connectivity index (χ2n) is 5.06.